The maximum atomic E-state index is 13.5. The van der Waals surface area contributed by atoms with Gasteiger partial charge in [-0.3, -0.25) is 0 Å². The van der Waals surface area contributed by atoms with Crippen molar-refractivity contribution in [2.24, 2.45) is 0 Å². The van der Waals surface area contributed by atoms with E-state index in [-0.39, 0.29) is 25.3 Å². The summed E-state index contributed by atoms with van der Waals surface area (Å²) in [6.45, 7) is 11.0. The number of fused-ring (bicyclic) bond motifs is 3. The Morgan fingerprint density at radius 1 is 1.14 bits per heavy atom. The second-order valence-corrected chi connectivity index (χ2v) is 13.0. The average Bonchev–Trinajstić information content (AvgIpc) is 3.23. The minimum atomic E-state index is -0.478. The van der Waals surface area contributed by atoms with Crippen LogP contribution in [0.25, 0.3) is 30.9 Å². The van der Waals surface area contributed by atoms with Gasteiger partial charge in [-0.25, -0.2) is 0 Å². The molecular formula is C28H27N3O3Se. The summed E-state index contributed by atoms with van der Waals surface area (Å²) in [5.74, 6) is 0.718. The molecule has 0 bridgehead atoms. The molecule has 2 aromatic carbocycles. The van der Waals surface area contributed by atoms with Gasteiger partial charge >= 0.3 is 210 Å². The van der Waals surface area contributed by atoms with E-state index in [1.54, 1.807) is 7.11 Å². The zero-order valence-electron chi connectivity index (χ0n) is 20.6. The van der Waals surface area contributed by atoms with Gasteiger partial charge in [0.2, 0.25) is 0 Å². The fourth-order valence-corrected chi connectivity index (χ4v) is 7.74. The van der Waals surface area contributed by atoms with Gasteiger partial charge in [-0.1, -0.05) is 0 Å². The first kappa shape index (κ1) is 22.4. The molecule has 6 nitrogen and oxygen atoms in total. The molecule has 0 unspecified atom stereocenters. The van der Waals surface area contributed by atoms with Gasteiger partial charge in [0.05, 0.1) is 0 Å². The predicted molar refractivity (Wildman–Crippen MR) is 139 cm³/mol. The number of rotatable bonds is 2. The molecule has 4 aromatic rings. The maximum absolute atomic E-state index is 13.5. The van der Waals surface area contributed by atoms with Gasteiger partial charge < -0.3 is 0 Å². The molecule has 0 spiro atoms. The molecule has 178 valence electrons. The van der Waals surface area contributed by atoms with Crippen LogP contribution >= 0.6 is 0 Å². The van der Waals surface area contributed by atoms with Crippen molar-refractivity contribution < 1.29 is 9.15 Å². The van der Waals surface area contributed by atoms with Gasteiger partial charge in [0.1, 0.15) is 0 Å². The van der Waals surface area contributed by atoms with E-state index in [1.165, 1.54) is 11.3 Å². The Morgan fingerprint density at radius 2 is 1.89 bits per heavy atom. The third-order valence-electron chi connectivity index (χ3n) is 7.83. The number of hydrogen-bond acceptors (Lipinski definition) is 6. The second kappa shape index (κ2) is 7.46. The summed E-state index contributed by atoms with van der Waals surface area (Å²) >= 11 is -0.201. The molecule has 2 aliphatic rings. The summed E-state index contributed by atoms with van der Waals surface area (Å²) in [6.07, 6.45) is 2.02. The van der Waals surface area contributed by atoms with E-state index in [0.717, 1.165) is 52.4 Å². The minimum absolute atomic E-state index is 0.0349. The van der Waals surface area contributed by atoms with Crippen LogP contribution in [0.2, 0.25) is 0 Å². The van der Waals surface area contributed by atoms with Crippen LogP contribution < -0.4 is 15.3 Å². The monoisotopic (exact) mass is 533 g/mol. The molecule has 2 aromatic heterocycles. The predicted octanol–water partition coefficient (Wildman–Crippen LogP) is 5.11. The first-order valence-corrected chi connectivity index (χ1v) is 13.6. The van der Waals surface area contributed by atoms with Gasteiger partial charge in [-0.05, 0) is 0 Å². The average molecular weight is 533 g/mol. The first-order valence-electron chi connectivity index (χ1n) is 11.9. The molecule has 4 heterocycles. The molecule has 35 heavy (non-hydrogen) atoms. The summed E-state index contributed by atoms with van der Waals surface area (Å²) < 4.78 is 13.2. The molecule has 0 aliphatic carbocycles. The SMILES string of the molecule is COc1ccc2[se]c(-c3c(C#N)c4cc5c6c(c4oc3=O)C(C)(C)CCN6CCC5(C)C)nc2c1. The number of aromatic nitrogens is 1. The van der Waals surface area contributed by atoms with Crippen LogP contribution in [0.4, 0.5) is 5.69 Å². The summed E-state index contributed by atoms with van der Waals surface area (Å²) in [7, 11) is 1.62. The summed E-state index contributed by atoms with van der Waals surface area (Å²) in [5, 5.41) is 11.1. The van der Waals surface area contributed by atoms with Crippen molar-refractivity contribution in [3.63, 3.8) is 0 Å². The Kier molecular flexibility index (Phi) is 4.78. The zero-order valence-corrected chi connectivity index (χ0v) is 22.3. The Morgan fingerprint density at radius 3 is 2.60 bits per heavy atom. The molecule has 0 N–H and O–H groups in total. The first-order chi connectivity index (χ1) is 16.6. The molecule has 0 amide bonds. The third-order valence-corrected chi connectivity index (χ3v) is 10.0. The van der Waals surface area contributed by atoms with Gasteiger partial charge in [-0.15, -0.1) is 0 Å². The van der Waals surface area contributed by atoms with Crippen LogP contribution in [0.3, 0.4) is 0 Å². The summed E-state index contributed by atoms with van der Waals surface area (Å²) in [5.41, 5.74) is 4.87. The molecule has 0 atom stereocenters. The fourth-order valence-electron chi connectivity index (χ4n) is 5.68. The number of benzene rings is 2. The van der Waals surface area contributed by atoms with Crippen LogP contribution in [-0.2, 0) is 10.8 Å². The van der Waals surface area contributed by atoms with Gasteiger partial charge in [0, 0.05) is 0 Å². The van der Waals surface area contributed by atoms with Gasteiger partial charge in [-0.2, -0.15) is 0 Å². The van der Waals surface area contributed by atoms with E-state index in [9.17, 15) is 10.1 Å². The molecule has 0 saturated carbocycles. The molecule has 0 radical (unpaired) electrons. The second-order valence-electron chi connectivity index (χ2n) is 10.9. The van der Waals surface area contributed by atoms with Crippen molar-refractivity contribution >= 4 is 40.9 Å². The van der Waals surface area contributed by atoms with Crippen LogP contribution in [0.1, 0.15) is 57.2 Å². The molecule has 7 heteroatoms. The van der Waals surface area contributed by atoms with Crippen molar-refractivity contribution in [2.45, 2.75) is 51.4 Å². The van der Waals surface area contributed by atoms with Crippen molar-refractivity contribution in [1.82, 2.24) is 4.98 Å². The van der Waals surface area contributed by atoms with Crippen molar-refractivity contribution in [1.29, 1.82) is 5.26 Å². The number of hydrogen-bond donors (Lipinski definition) is 0. The topological polar surface area (TPSA) is 79.4 Å². The fraction of sp³-hybridized carbons (Fsp3) is 0.393. The molecule has 0 saturated heterocycles. The van der Waals surface area contributed by atoms with Crippen molar-refractivity contribution in [3.05, 3.63) is 51.4 Å². The normalized spacial score (nSPS) is 17.9. The standard InChI is InChI=1S/C28H27N3O3Se/c1-27(2)8-10-31-11-9-28(3,4)22-23(31)18(27)13-16-17(14-29)21(26(32)34-24(16)22)25-30-19-12-15(33-5)6-7-20(19)35-25/h6-7,12-13H,8-11H2,1-5H3. The number of nitriles is 1. The molecule has 6 rings (SSSR count). The van der Waals surface area contributed by atoms with Crippen molar-refractivity contribution in [2.75, 3.05) is 25.1 Å². The number of nitrogens with zero attached hydrogens (tertiary/aromatic N) is 3. The van der Waals surface area contributed by atoms with E-state index >= 15 is 0 Å². The summed E-state index contributed by atoms with van der Waals surface area (Å²) in [6, 6.07) is 10.3. The zero-order chi connectivity index (χ0) is 24.7. The van der Waals surface area contributed by atoms with Crippen LogP contribution in [0.15, 0.2) is 33.5 Å². The Balaban J connectivity index is 1.71. The van der Waals surface area contributed by atoms with Gasteiger partial charge in [0.15, 0.2) is 0 Å². The van der Waals surface area contributed by atoms with E-state index in [4.69, 9.17) is 14.1 Å². The quantitative estimate of drug-likeness (QED) is 0.264. The van der Waals surface area contributed by atoms with E-state index in [2.05, 4.69) is 44.7 Å². The molecule has 0 fully saturated rings. The molecule has 2 aliphatic heterocycles. The number of anilines is 1. The van der Waals surface area contributed by atoms with E-state index in [0.29, 0.717) is 21.3 Å². The van der Waals surface area contributed by atoms with Crippen molar-refractivity contribution in [3.8, 4) is 22.0 Å². The van der Waals surface area contributed by atoms with Gasteiger partial charge in [0.25, 0.3) is 0 Å². The van der Waals surface area contributed by atoms with Crippen LogP contribution in [-0.4, -0.2) is 39.7 Å². The molecular weight excluding hydrogens is 505 g/mol. The van der Waals surface area contributed by atoms with Crippen LogP contribution in [0, 0.1) is 11.3 Å². The number of ether oxygens (including phenoxy) is 1. The Labute approximate surface area is 209 Å². The summed E-state index contributed by atoms with van der Waals surface area (Å²) in [4.78, 5) is 20.7. The van der Waals surface area contributed by atoms with Crippen LogP contribution in [0.5, 0.6) is 5.75 Å². The van der Waals surface area contributed by atoms with E-state index < -0.39 is 5.63 Å². The Bertz CT molecular complexity index is 1640. The Hall–Kier alpha value is -3.07. The van der Waals surface area contributed by atoms with E-state index in [1.807, 2.05) is 18.2 Å². The third kappa shape index (κ3) is 3.20. The number of methoxy groups -OCH3 is 1.